The Bertz CT molecular complexity index is 1520. The number of ether oxygens (including phenoxy) is 3. The summed E-state index contributed by atoms with van der Waals surface area (Å²) in [4.78, 5) is 27.0. The van der Waals surface area contributed by atoms with Crippen LogP contribution < -0.4 is 14.2 Å². The zero-order valence-electron chi connectivity index (χ0n) is 20.6. The van der Waals surface area contributed by atoms with Gasteiger partial charge in [0.1, 0.15) is 19.0 Å². The van der Waals surface area contributed by atoms with Crippen molar-refractivity contribution in [2.45, 2.75) is 6.61 Å². The second kappa shape index (κ2) is 11.9. The van der Waals surface area contributed by atoms with Crippen molar-refractivity contribution in [1.82, 2.24) is 4.90 Å². The van der Waals surface area contributed by atoms with E-state index in [1.165, 1.54) is 4.90 Å². The van der Waals surface area contributed by atoms with Gasteiger partial charge in [-0.05, 0) is 86.6 Å². The van der Waals surface area contributed by atoms with Gasteiger partial charge < -0.3 is 14.2 Å². The minimum atomic E-state index is -0.332. The summed E-state index contributed by atoms with van der Waals surface area (Å²) in [7, 11) is 1.58. The van der Waals surface area contributed by atoms with E-state index in [0.717, 1.165) is 37.2 Å². The number of rotatable bonds is 9. The molecule has 0 atom stereocenters. The number of halogens is 1. The summed E-state index contributed by atoms with van der Waals surface area (Å²) in [5.74, 6) is 1.55. The molecule has 4 aromatic rings. The molecule has 0 saturated carbocycles. The van der Waals surface area contributed by atoms with Gasteiger partial charge in [-0.2, -0.15) is 0 Å². The summed E-state index contributed by atoms with van der Waals surface area (Å²) in [6, 6.07) is 27.4. The van der Waals surface area contributed by atoms with Crippen LogP contribution in [0.25, 0.3) is 16.8 Å². The summed E-state index contributed by atoms with van der Waals surface area (Å²) >= 11 is 3.12. The molecule has 0 aliphatic carbocycles. The van der Waals surface area contributed by atoms with Gasteiger partial charge in [-0.3, -0.25) is 14.5 Å². The lowest BCUT2D eigenvalue weighted by Gasteiger charge is -2.15. The minimum absolute atomic E-state index is 0.179. The molecule has 1 heterocycles. The highest BCUT2D eigenvalue weighted by Crippen LogP contribution is 2.38. The maximum Gasteiger partial charge on any atom is 0.293 e. The van der Waals surface area contributed by atoms with Gasteiger partial charge in [0.15, 0.2) is 11.5 Å². The first-order valence-electron chi connectivity index (χ1n) is 11.9. The number of hydrogen-bond acceptors (Lipinski definition) is 6. The standard InChI is InChI=1S/C30H24INO5S/c1-35-26-17-20(16-25(31)28(26)37-19-22-10-7-9-21-8-5-6-13-24(21)22)18-27-29(33)32(30(34)38-27)14-15-36-23-11-3-2-4-12-23/h2-13,16-18H,14-15,19H2,1H3/b27-18-. The van der Waals surface area contributed by atoms with Gasteiger partial charge >= 0.3 is 0 Å². The summed E-state index contributed by atoms with van der Waals surface area (Å²) in [5.41, 5.74) is 1.82. The Hall–Kier alpha value is -3.50. The van der Waals surface area contributed by atoms with Crippen LogP contribution in [0.15, 0.2) is 89.8 Å². The van der Waals surface area contributed by atoms with Crippen LogP contribution in [0, 0.1) is 3.57 Å². The van der Waals surface area contributed by atoms with Crippen LogP contribution in [-0.2, 0) is 11.4 Å². The lowest BCUT2D eigenvalue weighted by atomic mass is 10.1. The highest BCUT2D eigenvalue weighted by atomic mass is 127. The van der Waals surface area contributed by atoms with Crippen molar-refractivity contribution in [1.29, 1.82) is 0 Å². The minimum Gasteiger partial charge on any atom is -0.493 e. The Kier molecular flexibility index (Phi) is 8.19. The molecule has 0 bridgehead atoms. The van der Waals surface area contributed by atoms with Crippen molar-refractivity contribution >= 4 is 62.3 Å². The van der Waals surface area contributed by atoms with E-state index in [1.54, 1.807) is 13.2 Å². The number of benzene rings is 4. The molecule has 0 aromatic heterocycles. The van der Waals surface area contributed by atoms with Crippen molar-refractivity contribution in [2.75, 3.05) is 20.3 Å². The van der Waals surface area contributed by atoms with E-state index in [4.69, 9.17) is 14.2 Å². The number of para-hydroxylation sites is 1. The van der Waals surface area contributed by atoms with Gasteiger partial charge in [-0.25, -0.2) is 0 Å². The Morgan fingerprint density at radius 3 is 2.50 bits per heavy atom. The Morgan fingerprint density at radius 1 is 0.921 bits per heavy atom. The van der Waals surface area contributed by atoms with Crippen molar-refractivity contribution < 1.29 is 23.8 Å². The molecule has 6 nitrogen and oxygen atoms in total. The molecule has 8 heteroatoms. The van der Waals surface area contributed by atoms with Crippen LogP contribution in [0.5, 0.6) is 17.2 Å². The fourth-order valence-corrected chi connectivity index (χ4v) is 5.79. The van der Waals surface area contributed by atoms with E-state index >= 15 is 0 Å². The maximum absolute atomic E-state index is 12.9. The molecule has 0 spiro atoms. The van der Waals surface area contributed by atoms with Gasteiger partial charge in [0.05, 0.1) is 22.1 Å². The molecule has 0 radical (unpaired) electrons. The molecule has 4 aromatic carbocycles. The molecule has 1 aliphatic heterocycles. The largest absolute Gasteiger partial charge is 0.493 e. The monoisotopic (exact) mass is 637 g/mol. The zero-order valence-corrected chi connectivity index (χ0v) is 23.5. The summed E-state index contributed by atoms with van der Waals surface area (Å²) in [5, 5.41) is 1.99. The van der Waals surface area contributed by atoms with Crippen LogP contribution in [0.1, 0.15) is 11.1 Å². The first-order valence-corrected chi connectivity index (χ1v) is 13.8. The number of fused-ring (bicyclic) bond motifs is 1. The molecule has 0 N–H and O–H groups in total. The molecule has 2 amide bonds. The molecular weight excluding hydrogens is 613 g/mol. The first kappa shape index (κ1) is 26.1. The number of imide groups is 1. The molecule has 1 saturated heterocycles. The van der Waals surface area contributed by atoms with Gasteiger partial charge in [0, 0.05) is 0 Å². The van der Waals surface area contributed by atoms with Crippen molar-refractivity contribution in [3.8, 4) is 17.2 Å². The quantitative estimate of drug-likeness (QED) is 0.144. The second-order valence-electron chi connectivity index (χ2n) is 8.46. The van der Waals surface area contributed by atoms with Gasteiger partial charge in [-0.15, -0.1) is 0 Å². The fourth-order valence-electron chi connectivity index (χ4n) is 4.15. The third kappa shape index (κ3) is 5.81. The predicted molar refractivity (Wildman–Crippen MR) is 159 cm³/mol. The number of methoxy groups -OCH3 is 1. The number of hydrogen-bond donors (Lipinski definition) is 0. The highest BCUT2D eigenvalue weighted by molar-refractivity contribution is 14.1. The zero-order chi connectivity index (χ0) is 26.5. The Labute approximate surface area is 238 Å². The van der Waals surface area contributed by atoms with E-state index in [9.17, 15) is 9.59 Å². The number of amides is 2. The van der Waals surface area contributed by atoms with Crippen LogP contribution in [0.3, 0.4) is 0 Å². The third-order valence-corrected chi connectivity index (χ3v) is 7.71. The lowest BCUT2D eigenvalue weighted by molar-refractivity contribution is -0.123. The molecule has 1 aliphatic rings. The van der Waals surface area contributed by atoms with Crippen molar-refractivity contribution in [2.24, 2.45) is 0 Å². The van der Waals surface area contributed by atoms with Crippen LogP contribution in [0.4, 0.5) is 4.79 Å². The topological polar surface area (TPSA) is 65.1 Å². The second-order valence-corrected chi connectivity index (χ2v) is 10.6. The summed E-state index contributed by atoms with van der Waals surface area (Å²) < 4.78 is 18.3. The van der Waals surface area contributed by atoms with E-state index in [1.807, 2.05) is 60.7 Å². The number of carbonyl (C=O) groups is 2. The normalized spacial score (nSPS) is 14.4. The predicted octanol–water partition coefficient (Wildman–Crippen LogP) is 7.15. The maximum atomic E-state index is 12.9. The smallest absolute Gasteiger partial charge is 0.293 e. The fraction of sp³-hybridized carbons (Fsp3) is 0.133. The summed E-state index contributed by atoms with van der Waals surface area (Å²) in [6.45, 7) is 0.791. The van der Waals surface area contributed by atoms with Crippen molar-refractivity contribution in [3.05, 3.63) is 105 Å². The van der Waals surface area contributed by atoms with Crippen LogP contribution in [-0.4, -0.2) is 36.3 Å². The molecule has 38 heavy (non-hydrogen) atoms. The van der Waals surface area contributed by atoms with Crippen molar-refractivity contribution in [3.63, 3.8) is 0 Å². The first-order chi connectivity index (χ1) is 18.5. The van der Waals surface area contributed by atoms with E-state index in [-0.39, 0.29) is 24.3 Å². The van der Waals surface area contributed by atoms with E-state index in [2.05, 4.69) is 46.9 Å². The average Bonchev–Trinajstić information content (AvgIpc) is 3.20. The lowest BCUT2D eigenvalue weighted by Crippen LogP contribution is -2.32. The molecule has 5 rings (SSSR count). The van der Waals surface area contributed by atoms with E-state index < -0.39 is 0 Å². The molecule has 1 fully saturated rings. The van der Waals surface area contributed by atoms with Crippen LogP contribution in [0.2, 0.25) is 0 Å². The average molecular weight is 637 g/mol. The van der Waals surface area contributed by atoms with E-state index in [0.29, 0.717) is 28.8 Å². The number of thioether (sulfide) groups is 1. The molecule has 192 valence electrons. The SMILES string of the molecule is COc1cc(/C=C2\SC(=O)N(CCOc3ccccc3)C2=O)cc(I)c1OCc1cccc2ccccc12. The number of nitrogens with zero attached hydrogens (tertiary/aromatic N) is 1. The Morgan fingerprint density at radius 2 is 1.68 bits per heavy atom. The Balaban J connectivity index is 1.29. The van der Waals surface area contributed by atoms with Crippen LogP contribution >= 0.6 is 34.4 Å². The van der Waals surface area contributed by atoms with Gasteiger partial charge in [0.2, 0.25) is 0 Å². The van der Waals surface area contributed by atoms with Gasteiger partial charge in [0.25, 0.3) is 11.1 Å². The molecular formula is C30H24INO5S. The molecule has 0 unspecified atom stereocenters. The summed E-state index contributed by atoms with van der Waals surface area (Å²) in [6.07, 6.45) is 1.71. The van der Waals surface area contributed by atoms with Gasteiger partial charge in [-0.1, -0.05) is 60.7 Å². The third-order valence-electron chi connectivity index (χ3n) is 6.00. The highest BCUT2D eigenvalue weighted by Gasteiger charge is 2.35. The number of carbonyl (C=O) groups excluding carboxylic acids is 2.